The summed E-state index contributed by atoms with van der Waals surface area (Å²) in [5.41, 5.74) is 3.21. The van der Waals surface area contributed by atoms with Gasteiger partial charge in [0, 0.05) is 5.56 Å². The van der Waals surface area contributed by atoms with Crippen LogP contribution in [0, 0.1) is 11.8 Å². The van der Waals surface area contributed by atoms with Gasteiger partial charge >= 0.3 is 0 Å². The normalized spacial score (nSPS) is 10.2. The van der Waals surface area contributed by atoms with Crippen LogP contribution >= 0.6 is 0 Å². The number of hydrogen-bond acceptors (Lipinski definition) is 2. The highest BCUT2D eigenvalue weighted by atomic mass is 16.5. The van der Waals surface area contributed by atoms with Crippen LogP contribution in [0.25, 0.3) is 0 Å². The average Bonchev–Trinajstić information content (AvgIpc) is 2.69. The molecule has 0 atom stereocenters. The molecular weight excluding hydrogens is 318 g/mol. The molecular formula is C24H31NO. The Kier molecular flexibility index (Phi) is 9.36. The second kappa shape index (κ2) is 12.1. The lowest BCUT2D eigenvalue weighted by atomic mass is 10.0. The van der Waals surface area contributed by atoms with Crippen LogP contribution in [-0.2, 0) is 6.42 Å². The zero-order valence-electron chi connectivity index (χ0n) is 16.3. The molecule has 0 aliphatic carbocycles. The van der Waals surface area contributed by atoms with Gasteiger partial charge in [0.15, 0.2) is 0 Å². The summed E-state index contributed by atoms with van der Waals surface area (Å²) < 4.78 is 5.53. The number of pyridine rings is 1. The zero-order valence-corrected chi connectivity index (χ0v) is 16.3. The van der Waals surface area contributed by atoms with Gasteiger partial charge < -0.3 is 4.74 Å². The Bertz CT molecular complexity index is 677. The minimum absolute atomic E-state index is 0.720. The molecule has 1 heterocycles. The number of rotatable bonds is 10. The third-order valence-corrected chi connectivity index (χ3v) is 4.32. The van der Waals surface area contributed by atoms with Gasteiger partial charge in [0.25, 0.3) is 0 Å². The van der Waals surface area contributed by atoms with Crippen molar-refractivity contribution in [3.05, 3.63) is 59.4 Å². The molecule has 2 heteroatoms. The van der Waals surface area contributed by atoms with Gasteiger partial charge in [-0.1, -0.05) is 64.0 Å². The predicted octanol–water partition coefficient (Wildman–Crippen LogP) is 6.17. The van der Waals surface area contributed by atoms with Gasteiger partial charge in [-0.2, -0.15) is 0 Å². The van der Waals surface area contributed by atoms with Crippen molar-refractivity contribution in [3.63, 3.8) is 0 Å². The standard InChI is InChI=1S/C24H31NO/c1-3-5-6-7-8-9-10-21-11-13-22(14-12-21)15-16-23-17-18-24(20-25-23)26-19-4-2/h11-14,17-18,20H,3-10,19H2,1-2H3. The van der Waals surface area contributed by atoms with Gasteiger partial charge in [0.1, 0.15) is 11.4 Å². The monoisotopic (exact) mass is 349 g/mol. The Balaban J connectivity index is 1.79. The summed E-state index contributed by atoms with van der Waals surface area (Å²) in [6.45, 7) is 5.07. The minimum Gasteiger partial charge on any atom is -0.492 e. The number of hydrogen-bond donors (Lipinski definition) is 0. The maximum Gasteiger partial charge on any atom is 0.137 e. The average molecular weight is 350 g/mol. The van der Waals surface area contributed by atoms with E-state index in [-0.39, 0.29) is 0 Å². The number of benzene rings is 1. The molecule has 0 spiro atoms. The lowest BCUT2D eigenvalue weighted by molar-refractivity contribution is 0.316. The topological polar surface area (TPSA) is 22.1 Å². The summed E-state index contributed by atoms with van der Waals surface area (Å²) in [5, 5.41) is 0. The van der Waals surface area contributed by atoms with Crippen LogP contribution in [-0.4, -0.2) is 11.6 Å². The molecule has 1 aromatic heterocycles. The molecule has 0 unspecified atom stereocenters. The van der Waals surface area contributed by atoms with E-state index in [9.17, 15) is 0 Å². The van der Waals surface area contributed by atoms with Crippen LogP contribution in [0.3, 0.4) is 0 Å². The Labute approximate surface area is 159 Å². The van der Waals surface area contributed by atoms with Crippen molar-refractivity contribution in [2.24, 2.45) is 0 Å². The van der Waals surface area contributed by atoms with Gasteiger partial charge in [-0.3, -0.25) is 0 Å². The minimum atomic E-state index is 0.720. The SMILES string of the molecule is CCCCCCCCc1ccc(C#Cc2ccc(OCCC)cn2)cc1. The largest absolute Gasteiger partial charge is 0.492 e. The third-order valence-electron chi connectivity index (χ3n) is 4.32. The number of ether oxygens (including phenoxy) is 1. The van der Waals surface area contributed by atoms with E-state index in [0.717, 1.165) is 30.0 Å². The molecule has 1 aromatic carbocycles. The van der Waals surface area contributed by atoms with Crippen LogP contribution in [0.1, 0.15) is 75.6 Å². The smallest absolute Gasteiger partial charge is 0.137 e. The Morgan fingerprint density at radius 3 is 2.27 bits per heavy atom. The fraction of sp³-hybridized carbons (Fsp3) is 0.458. The molecule has 0 saturated carbocycles. The van der Waals surface area contributed by atoms with Crippen molar-refractivity contribution in [1.82, 2.24) is 4.98 Å². The van der Waals surface area contributed by atoms with Gasteiger partial charge in [-0.15, -0.1) is 0 Å². The van der Waals surface area contributed by atoms with E-state index in [1.807, 2.05) is 12.1 Å². The summed E-state index contributed by atoms with van der Waals surface area (Å²) in [4.78, 5) is 4.34. The third kappa shape index (κ3) is 7.74. The summed E-state index contributed by atoms with van der Waals surface area (Å²) in [6.07, 6.45) is 12.0. The van der Waals surface area contributed by atoms with E-state index in [1.54, 1.807) is 6.20 Å². The van der Waals surface area contributed by atoms with Gasteiger partial charge in [-0.25, -0.2) is 4.98 Å². The molecule has 0 amide bonds. The van der Waals surface area contributed by atoms with Crippen molar-refractivity contribution in [2.45, 2.75) is 65.2 Å². The van der Waals surface area contributed by atoms with Crippen molar-refractivity contribution in [1.29, 1.82) is 0 Å². The van der Waals surface area contributed by atoms with E-state index in [0.29, 0.717) is 0 Å². The highest BCUT2D eigenvalue weighted by molar-refractivity contribution is 5.41. The van der Waals surface area contributed by atoms with E-state index in [2.05, 4.69) is 54.9 Å². The molecule has 138 valence electrons. The Hall–Kier alpha value is -2.27. The Morgan fingerprint density at radius 2 is 1.58 bits per heavy atom. The molecule has 2 nitrogen and oxygen atoms in total. The summed E-state index contributed by atoms with van der Waals surface area (Å²) in [6, 6.07) is 12.5. The van der Waals surface area contributed by atoms with E-state index < -0.39 is 0 Å². The van der Waals surface area contributed by atoms with E-state index in [1.165, 1.54) is 50.5 Å². The molecule has 0 aliphatic heterocycles. The van der Waals surface area contributed by atoms with Crippen molar-refractivity contribution in [3.8, 4) is 17.6 Å². The molecule has 0 N–H and O–H groups in total. The molecule has 0 aliphatic rings. The molecule has 0 radical (unpaired) electrons. The highest BCUT2D eigenvalue weighted by Crippen LogP contribution is 2.11. The van der Waals surface area contributed by atoms with Gasteiger partial charge in [0.05, 0.1) is 12.8 Å². The first kappa shape index (κ1) is 20.0. The van der Waals surface area contributed by atoms with Gasteiger partial charge in [0.2, 0.25) is 0 Å². The van der Waals surface area contributed by atoms with E-state index >= 15 is 0 Å². The second-order valence-electron chi connectivity index (χ2n) is 6.69. The predicted molar refractivity (Wildman–Crippen MR) is 110 cm³/mol. The number of nitrogens with zero attached hydrogens (tertiary/aromatic N) is 1. The number of aryl methyl sites for hydroxylation is 1. The summed E-state index contributed by atoms with van der Waals surface area (Å²) in [5.74, 6) is 7.11. The summed E-state index contributed by atoms with van der Waals surface area (Å²) >= 11 is 0. The van der Waals surface area contributed by atoms with Crippen molar-refractivity contribution < 1.29 is 4.74 Å². The lowest BCUT2D eigenvalue weighted by Gasteiger charge is -2.03. The maximum absolute atomic E-state index is 5.53. The summed E-state index contributed by atoms with van der Waals surface area (Å²) in [7, 11) is 0. The van der Waals surface area contributed by atoms with Crippen LogP contribution in [0.4, 0.5) is 0 Å². The van der Waals surface area contributed by atoms with Crippen LogP contribution in [0.15, 0.2) is 42.6 Å². The van der Waals surface area contributed by atoms with Crippen LogP contribution in [0.5, 0.6) is 5.75 Å². The molecule has 2 rings (SSSR count). The maximum atomic E-state index is 5.53. The van der Waals surface area contributed by atoms with Gasteiger partial charge in [-0.05, 0) is 55.0 Å². The first-order valence-corrected chi connectivity index (χ1v) is 10.0. The molecule has 0 bridgehead atoms. The number of unbranched alkanes of at least 4 members (excludes halogenated alkanes) is 5. The second-order valence-corrected chi connectivity index (χ2v) is 6.69. The first-order valence-electron chi connectivity index (χ1n) is 10.0. The molecule has 0 fully saturated rings. The van der Waals surface area contributed by atoms with Crippen molar-refractivity contribution >= 4 is 0 Å². The quantitative estimate of drug-likeness (QED) is 0.378. The number of aromatic nitrogens is 1. The highest BCUT2D eigenvalue weighted by Gasteiger charge is 1.96. The lowest BCUT2D eigenvalue weighted by Crippen LogP contribution is -1.95. The molecule has 2 aromatic rings. The van der Waals surface area contributed by atoms with Crippen molar-refractivity contribution in [2.75, 3.05) is 6.61 Å². The van der Waals surface area contributed by atoms with Crippen LogP contribution in [0.2, 0.25) is 0 Å². The Morgan fingerprint density at radius 1 is 0.808 bits per heavy atom. The molecule has 26 heavy (non-hydrogen) atoms. The zero-order chi connectivity index (χ0) is 18.5. The molecule has 0 saturated heterocycles. The first-order chi connectivity index (χ1) is 12.8. The fourth-order valence-corrected chi connectivity index (χ4v) is 2.76. The fourth-order valence-electron chi connectivity index (χ4n) is 2.76. The van der Waals surface area contributed by atoms with Crippen LogP contribution < -0.4 is 4.74 Å². The van der Waals surface area contributed by atoms with E-state index in [4.69, 9.17) is 4.74 Å².